The van der Waals surface area contributed by atoms with Crippen LogP contribution in [0.2, 0.25) is 0 Å². The molecule has 1 N–H and O–H groups in total. The molecule has 142 valence electrons. The molecule has 2 amide bonds. The molecule has 1 fully saturated rings. The van der Waals surface area contributed by atoms with E-state index < -0.39 is 4.92 Å². The number of benzene rings is 1. The molecule has 1 aromatic rings. The van der Waals surface area contributed by atoms with Gasteiger partial charge in [-0.3, -0.25) is 24.6 Å². The molecule has 0 spiro atoms. The van der Waals surface area contributed by atoms with Crippen LogP contribution in [0, 0.1) is 17.0 Å². The van der Waals surface area contributed by atoms with E-state index in [1.54, 1.807) is 24.0 Å². The van der Waals surface area contributed by atoms with Crippen LogP contribution in [0.4, 0.5) is 5.69 Å². The van der Waals surface area contributed by atoms with Crippen molar-refractivity contribution in [2.24, 2.45) is 0 Å². The summed E-state index contributed by atoms with van der Waals surface area (Å²) < 4.78 is 0. The minimum Gasteiger partial charge on any atom is -0.353 e. The minimum absolute atomic E-state index is 0.0332. The Balaban J connectivity index is 2.05. The number of carbonyl (C=O) groups is 2. The largest absolute Gasteiger partial charge is 0.353 e. The third-order valence-electron chi connectivity index (χ3n) is 4.34. The average molecular weight is 362 g/mol. The van der Waals surface area contributed by atoms with Crippen molar-refractivity contribution in [3.8, 4) is 0 Å². The van der Waals surface area contributed by atoms with Crippen molar-refractivity contribution in [1.29, 1.82) is 0 Å². The molecule has 1 aliphatic heterocycles. The Bertz CT molecular complexity index is 690. The maximum Gasteiger partial charge on any atom is 0.285 e. The van der Waals surface area contributed by atoms with E-state index in [1.165, 1.54) is 6.07 Å². The van der Waals surface area contributed by atoms with Crippen LogP contribution in [0.25, 0.3) is 0 Å². The Kier molecular flexibility index (Phi) is 6.68. The first-order chi connectivity index (χ1) is 12.3. The highest BCUT2D eigenvalue weighted by Gasteiger charge is 2.28. The zero-order chi connectivity index (χ0) is 19.3. The fourth-order valence-corrected chi connectivity index (χ4v) is 3.15. The summed E-state index contributed by atoms with van der Waals surface area (Å²) in [6.07, 6.45) is 0.723. The summed E-state index contributed by atoms with van der Waals surface area (Å²) >= 11 is 0. The molecule has 0 saturated carbocycles. The van der Waals surface area contributed by atoms with Gasteiger partial charge in [0.05, 0.1) is 11.5 Å². The summed E-state index contributed by atoms with van der Waals surface area (Å²) in [5.74, 6) is -0.358. The van der Waals surface area contributed by atoms with E-state index in [9.17, 15) is 19.7 Å². The van der Waals surface area contributed by atoms with Crippen LogP contribution in [-0.2, 0) is 4.79 Å². The van der Waals surface area contributed by atoms with Gasteiger partial charge in [0, 0.05) is 37.8 Å². The normalized spacial score (nSPS) is 15.6. The van der Waals surface area contributed by atoms with E-state index in [0.717, 1.165) is 6.42 Å². The van der Waals surface area contributed by atoms with Crippen molar-refractivity contribution in [1.82, 2.24) is 15.1 Å². The molecule has 1 saturated heterocycles. The molecule has 0 radical (unpaired) electrons. The highest BCUT2D eigenvalue weighted by Crippen LogP contribution is 2.24. The Hall–Kier alpha value is -2.48. The number of para-hydroxylation sites is 1. The van der Waals surface area contributed by atoms with Gasteiger partial charge in [-0.05, 0) is 33.3 Å². The Morgan fingerprint density at radius 3 is 2.62 bits per heavy atom. The highest BCUT2D eigenvalue weighted by atomic mass is 16.6. The Labute approximate surface area is 153 Å². The second kappa shape index (κ2) is 8.75. The Morgan fingerprint density at radius 2 is 1.96 bits per heavy atom. The van der Waals surface area contributed by atoms with Crippen molar-refractivity contribution in [3.05, 3.63) is 39.4 Å². The number of aryl methyl sites for hydroxylation is 1. The lowest BCUT2D eigenvalue weighted by Crippen LogP contribution is -2.42. The predicted octanol–water partition coefficient (Wildman–Crippen LogP) is 1.58. The molecule has 0 bridgehead atoms. The van der Waals surface area contributed by atoms with E-state index in [2.05, 4.69) is 5.32 Å². The predicted molar refractivity (Wildman–Crippen MR) is 98.1 cm³/mol. The van der Waals surface area contributed by atoms with Crippen molar-refractivity contribution < 1.29 is 14.5 Å². The van der Waals surface area contributed by atoms with E-state index >= 15 is 0 Å². The van der Waals surface area contributed by atoms with Crippen LogP contribution in [-0.4, -0.2) is 65.3 Å². The van der Waals surface area contributed by atoms with Gasteiger partial charge in [-0.25, -0.2) is 0 Å². The van der Waals surface area contributed by atoms with Gasteiger partial charge in [0.2, 0.25) is 5.91 Å². The molecule has 1 aromatic carbocycles. The summed E-state index contributed by atoms with van der Waals surface area (Å²) in [4.78, 5) is 39.2. The molecule has 8 nitrogen and oxygen atoms in total. The first-order valence-corrected chi connectivity index (χ1v) is 8.84. The van der Waals surface area contributed by atoms with Crippen LogP contribution in [0.15, 0.2) is 18.2 Å². The first kappa shape index (κ1) is 19.8. The number of nitrogens with one attached hydrogen (secondary N) is 1. The lowest BCUT2D eigenvalue weighted by atomic mass is 10.1. The van der Waals surface area contributed by atoms with E-state index in [4.69, 9.17) is 0 Å². The maximum atomic E-state index is 12.8. The maximum absolute atomic E-state index is 12.8. The second-order valence-corrected chi connectivity index (χ2v) is 6.87. The highest BCUT2D eigenvalue weighted by molar-refractivity contribution is 5.98. The summed E-state index contributed by atoms with van der Waals surface area (Å²) in [5.41, 5.74) is 0.471. The van der Waals surface area contributed by atoms with E-state index in [1.807, 2.05) is 18.7 Å². The lowest BCUT2D eigenvalue weighted by Gasteiger charge is -2.22. The Morgan fingerprint density at radius 1 is 1.23 bits per heavy atom. The number of rotatable bonds is 5. The number of nitro benzene ring substituents is 1. The third-order valence-corrected chi connectivity index (χ3v) is 4.34. The molecular weight excluding hydrogens is 336 g/mol. The number of amides is 2. The number of hydrogen-bond acceptors (Lipinski definition) is 5. The van der Waals surface area contributed by atoms with Crippen LogP contribution < -0.4 is 5.32 Å². The van der Waals surface area contributed by atoms with Crippen molar-refractivity contribution in [2.45, 2.75) is 33.2 Å². The number of nitro groups is 1. The molecule has 0 atom stereocenters. The van der Waals surface area contributed by atoms with Gasteiger partial charge in [0.1, 0.15) is 5.56 Å². The standard InChI is InChI=1S/C18H26N4O4/c1-13(2)19-16(23)12-20-8-5-9-21(11-10-20)18(24)15-7-4-6-14(3)17(15)22(25)26/h4,6-7,13H,5,8-12H2,1-3H3,(H,19,23). The zero-order valence-corrected chi connectivity index (χ0v) is 15.5. The summed E-state index contributed by atoms with van der Waals surface area (Å²) in [7, 11) is 0. The molecule has 0 aromatic heterocycles. The van der Waals surface area contributed by atoms with Crippen molar-refractivity contribution in [2.75, 3.05) is 32.7 Å². The molecule has 1 aliphatic rings. The summed E-state index contributed by atoms with van der Waals surface area (Å²) in [6.45, 7) is 8.00. The van der Waals surface area contributed by atoms with Gasteiger partial charge in [-0.1, -0.05) is 12.1 Å². The third kappa shape index (κ3) is 5.01. The zero-order valence-electron chi connectivity index (χ0n) is 15.5. The number of nitrogens with zero attached hydrogens (tertiary/aromatic N) is 3. The monoisotopic (exact) mass is 362 g/mol. The van der Waals surface area contributed by atoms with E-state index in [-0.39, 0.29) is 29.1 Å². The van der Waals surface area contributed by atoms with Crippen LogP contribution in [0.5, 0.6) is 0 Å². The van der Waals surface area contributed by atoms with Crippen LogP contribution >= 0.6 is 0 Å². The van der Waals surface area contributed by atoms with Gasteiger partial charge in [-0.15, -0.1) is 0 Å². The average Bonchev–Trinajstić information content (AvgIpc) is 2.78. The van der Waals surface area contributed by atoms with E-state index in [0.29, 0.717) is 38.3 Å². The molecule has 8 heteroatoms. The van der Waals surface area contributed by atoms with Gasteiger partial charge in [0.15, 0.2) is 0 Å². The first-order valence-electron chi connectivity index (χ1n) is 8.84. The molecule has 0 unspecified atom stereocenters. The quantitative estimate of drug-likeness (QED) is 0.634. The fraction of sp³-hybridized carbons (Fsp3) is 0.556. The summed E-state index contributed by atoms with van der Waals surface area (Å²) in [6, 6.07) is 4.89. The molecular formula is C18H26N4O4. The minimum atomic E-state index is -0.497. The summed E-state index contributed by atoms with van der Waals surface area (Å²) in [5, 5.41) is 14.2. The number of carbonyl (C=O) groups excluding carboxylic acids is 2. The van der Waals surface area contributed by atoms with Gasteiger partial charge in [-0.2, -0.15) is 0 Å². The second-order valence-electron chi connectivity index (χ2n) is 6.87. The smallest absolute Gasteiger partial charge is 0.285 e. The van der Waals surface area contributed by atoms with Gasteiger partial charge < -0.3 is 10.2 Å². The topological polar surface area (TPSA) is 95.8 Å². The van der Waals surface area contributed by atoms with Crippen molar-refractivity contribution >= 4 is 17.5 Å². The molecule has 1 heterocycles. The van der Waals surface area contributed by atoms with Crippen LogP contribution in [0.1, 0.15) is 36.2 Å². The molecule has 2 rings (SSSR count). The van der Waals surface area contributed by atoms with Gasteiger partial charge >= 0.3 is 0 Å². The molecule has 0 aliphatic carbocycles. The SMILES string of the molecule is Cc1cccc(C(=O)N2CCCN(CC(=O)NC(C)C)CC2)c1[N+](=O)[O-]. The van der Waals surface area contributed by atoms with Gasteiger partial charge in [0.25, 0.3) is 11.6 Å². The number of hydrogen-bond donors (Lipinski definition) is 1. The van der Waals surface area contributed by atoms with Crippen LogP contribution in [0.3, 0.4) is 0 Å². The van der Waals surface area contributed by atoms with Crippen molar-refractivity contribution in [3.63, 3.8) is 0 Å². The lowest BCUT2D eigenvalue weighted by molar-refractivity contribution is -0.385. The molecule has 26 heavy (non-hydrogen) atoms. The fourth-order valence-electron chi connectivity index (χ4n) is 3.15.